The summed E-state index contributed by atoms with van der Waals surface area (Å²) in [4.78, 5) is 12.2. The topological polar surface area (TPSA) is 17.1 Å². The highest BCUT2D eigenvalue weighted by atomic mass is 32.1. The van der Waals surface area contributed by atoms with E-state index in [0.29, 0.717) is 12.3 Å². The van der Waals surface area contributed by atoms with Crippen molar-refractivity contribution in [1.29, 1.82) is 0 Å². The highest BCUT2D eigenvalue weighted by molar-refractivity contribution is 7.10. The van der Waals surface area contributed by atoms with Crippen LogP contribution < -0.4 is 0 Å². The molecule has 0 aromatic carbocycles. The summed E-state index contributed by atoms with van der Waals surface area (Å²) in [5.41, 5.74) is 1.31. The molecule has 1 nitrogen and oxygen atoms in total. The lowest BCUT2D eigenvalue weighted by Gasteiger charge is -2.07. The average Bonchev–Trinajstić information content (AvgIpc) is 2.33. The maximum absolute atomic E-state index is 10.9. The van der Waals surface area contributed by atoms with Gasteiger partial charge < -0.3 is 4.79 Å². The lowest BCUT2D eigenvalue weighted by molar-refractivity contribution is -0.117. The summed E-state index contributed by atoms with van der Waals surface area (Å²) < 4.78 is 0. The van der Waals surface area contributed by atoms with Gasteiger partial charge in [0.1, 0.15) is 5.78 Å². The number of aryl methyl sites for hydroxylation is 1. The number of ketones is 1. The zero-order chi connectivity index (χ0) is 9.14. The number of carbonyl (C=O) groups is 1. The Morgan fingerprint density at radius 1 is 1.67 bits per heavy atom. The minimum Gasteiger partial charge on any atom is -0.300 e. The quantitative estimate of drug-likeness (QED) is 0.702. The van der Waals surface area contributed by atoms with E-state index in [1.54, 1.807) is 18.3 Å². The van der Waals surface area contributed by atoms with Crippen molar-refractivity contribution in [3.63, 3.8) is 0 Å². The van der Waals surface area contributed by atoms with E-state index in [9.17, 15) is 4.79 Å². The van der Waals surface area contributed by atoms with Gasteiger partial charge in [0.15, 0.2) is 0 Å². The Morgan fingerprint density at radius 3 is 2.75 bits per heavy atom. The Balaban J connectivity index is 2.71. The summed E-state index contributed by atoms with van der Waals surface area (Å²) in [5.74, 6) is 0.665. The third-order valence-electron chi connectivity index (χ3n) is 1.94. The first-order valence-electron chi connectivity index (χ1n) is 4.14. The molecule has 2 heteroatoms. The maximum atomic E-state index is 10.9. The van der Waals surface area contributed by atoms with Crippen molar-refractivity contribution in [3.05, 3.63) is 21.9 Å². The molecule has 0 saturated carbocycles. The van der Waals surface area contributed by atoms with Crippen LogP contribution in [0.3, 0.4) is 0 Å². The van der Waals surface area contributed by atoms with Crippen LogP contribution >= 0.6 is 11.3 Å². The summed E-state index contributed by atoms with van der Waals surface area (Å²) >= 11 is 1.75. The van der Waals surface area contributed by atoms with Gasteiger partial charge in [-0.25, -0.2) is 0 Å². The summed E-state index contributed by atoms with van der Waals surface area (Å²) in [6, 6.07) is 2.11. The van der Waals surface area contributed by atoms with Crippen LogP contribution in [0.25, 0.3) is 0 Å². The second-order valence-electron chi connectivity index (χ2n) is 3.28. The normalized spacial score (nSPS) is 12.9. The second kappa shape index (κ2) is 3.85. The molecule has 0 N–H and O–H groups in total. The van der Waals surface area contributed by atoms with Crippen molar-refractivity contribution in [2.75, 3.05) is 0 Å². The molecule has 0 aliphatic carbocycles. The van der Waals surface area contributed by atoms with Crippen molar-refractivity contribution in [2.24, 2.45) is 0 Å². The lowest BCUT2D eigenvalue weighted by Crippen LogP contribution is -1.99. The zero-order valence-corrected chi connectivity index (χ0v) is 8.57. The van der Waals surface area contributed by atoms with E-state index in [-0.39, 0.29) is 5.78 Å². The van der Waals surface area contributed by atoms with Crippen LogP contribution in [0.1, 0.15) is 36.6 Å². The fourth-order valence-electron chi connectivity index (χ4n) is 1.41. The molecule has 0 saturated heterocycles. The standard InChI is InChI=1S/C10H14OS/c1-7-4-5-12-10(7)8(2)6-9(3)11/h4-5,8H,6H2,1-3H3. The van der Waals surface area contributed by atoms with Gasteiger partial charge in [0.2, 0.25) is 0 Å². The van der Waals surface area contributed by atoms with Crippen LogP contribution in [0.5, 0.6) is 0 Å². The smallest absolute Gasteiger partial charge is 0.130 e. The van der Waals surface area contributed by atoms with Gasteiger partial charge in [-0.3, -0.25) is 0 Å². The molecule has 0 amide bonds. The van der Waals surface area contributed by atoms with Crippen molar-refractivity contribution >= 4 is 17.1 Å². The minimum atomic E-state index is 0.273. The van der Waals surface area contributed by atoms with Gasteiger partial charge >= 0.3 is 0 Å². The van der Waals surface area contributed by atoms with Crippen molar-refractivity contribution in [2.45, 2.75) is 33.1 Å². The van der Waals surface area contributed by atoms with E-state index in [2.05, 4.69) is 25.3 Å². The maximum Gasteiger partial charge on any atom is 0.130 e. The van der Waals surface area contributed by atoms with E-state index >= 15 is 0 Å². The van der Waals surface area contributed by atoms with Crippen LogP contribution in [-0.4, -0.2) is 5.78 Å². The Morgan fingerprint density at radius 2 is 2.33 bits per heavy atom. The first-order valence-corrected chi connectivity index (χ1v) is 5.02. The zero-order valence-electron chi connectivity index (χ0n) is 7.76. The van der Waals surface area contributed by atoms with E-state index in [0.717, 1.165) is 0 Å². The predicted molar refractivity (Wildman–Crippen MR) is 52.8 cm³/mol. The molecule has 12 heavy (non-hydrogen) atoms. The SMILES string of the molecule is CC(=O)CC(C)c1sccc1C. The number of thiophene rings is 1. The molecule has 1 aromatic heterocycles. The Bertz CT molecular complexity index is 275. The minimum absolute atomic E-state index is 0.273. The van der Waals surface area contributed by atoms with Gasteiger partial charge in [0, 0.05) is 11.3 Å². The molecule has 0 spiro atoms. The van der Waals surface area contributed by atoms with Gasteiger partial charge in [-0.2, -0.15) is 0 Å². The lowest BCUT2D eigenvalue weighted by atomic mass is 10.0. The molecule has 1 rings (SSSR count). The molecule has 0 bridgehead atoms. The number of hydrogen-bond acceptors (Lipinski definition) is 2. The van der Waals surface area contributed by atoms with E-state index in [1.807, 2.05) is 0 Å². The number of carbonyl (C=O) groups excluding carboxylic acids is 1. The third-order valence-corrected chi connectivity index (χ3v) is 3.19. The van der Waals surface area contributed by atoms with Crippen molar-refractivity contribution in [3.8, 4) is 0 Å². The van der Waals surface area contributed by atoms with Gasteiger partial charge in [-0.15, -0.1) is 11.3 Å². The molecule has 0 aliphatic rings. The van der Waals surface area contributed by atoms with Crippen LogP contribution in [-0.2, 0) is 4.79 Å². The molecule has 1 unspecified atom stereocenters. The molecule has 1 atom stereocenters. The molecule has 1 heterocycles. The molecular weight excluding hydrogens is 168 g/mol. The Kier molecular flexibility index (Phi) is 3.04. The van der Waals surface area contributed by atoms with Crippen LogP contribution in [0, 0.1) is 6.92 Å². The summed E-state index contributed by atoms with van der Waals surface area (Å²) in [6.07, 6.45) is 0.668. The highest BCUT2D eigenvalue weighted by Crippen LogP contribution is 2.27. The number of hydrogen-bond donors (Lipinski definition) is 0. The van der Waals surface area contributed by atoms with Crippen LogP contribution in [0.2, 0.25) is 0 Å². The third kappa shape index (κ3) is 2.18. The van der Waals surface area contributed by atoms with Gasteiger partial charge in [-0.1, -0.05) is 6.92 Å². The average molecular weight is 182 g/mol. The largest absolute Gasteiger partial charge is 0.300 e. The first kappa shape index (κ1) is 9.46. The second-order valence-corrected chi connectivity index (χ2v) is 4.22. The molecule has 0 fully saturated rings. The summed E-state index contributed by atoms with van der Waals surface area (Å²) in [6.45, 7) is 5.86. The van der Waals surface area contributed by atoms with Crippen LogP contribution in [0.15, 0.2) is 11.4 Å². The monoisotopic (exact) mass is 182 g/mol. The Hall–Kier alpha value is -0.630. The number of Topliss-reactive ketones (excluding diaryl/α,β-unsaturated/α-hetero) is 1. The van der Waals surface area contributed by atoms with Crippen molar-refractivity contribution in [1.82, 2.24) is 0 Å². The molecule has 66 valence electrons. The van der Waals surface area contributed by atoms with E-state index < -0.39 is 0 Å². The fraction of sp³-hybridized carbons (Fsp3) is 0.500. The van der Waals surface area contributed by atoms with E-state index in [4.69, 9.17) is 0 Å². The van der Waals surface area contributed by atoms with Gasteiger partial charge in [0.05, 0.1) is 0 Å². The van der Waals surface area contributed by atoms with Crippen molar-refractivity contribution < 1.29 is 4.79 Å². The van der Waals surface area contributed by atoms with Crippen LogP contribution in [0.4, 0.5) is 0 Å². The van der Waals surface area contributed by atoms with Gasteiger partial charge in [-0.05, 0) is 36.8 Å². The Labute approximate surface area is 77.4 Å². The first-order chi connectivity index (χ1) is 5.61. The van der Waals surface area contributed by atoms with Gasteiger partial charge in [0.25, 0.3) is 0 Å². The fourth-order valence-corrected chi connectivity index (χ4v) is 2.40. The molecule has 0 radical (unpaired) electrons. The molecule has 1 aromatic rings. The highest BCUT2D eigenvalue weighted by Gasteiger charge is 2.11. The molecule has 0 aliphatic heterocycles. The molecular formula is C10H14OS. The van der Waals surface area contributed by atoms with E-state index in [1.165, 1.54) is 10.4 Å². The summed E-state index contributed by atoms with van der Waals surface area (Å²) in [5, 5.41) is 2.08. The summed E-state index contributed by atoms with van der Waals surface area (Å²) in [7, 11) is 0. The number of rotatable bonds is 3. The predicted octanol–water partition coefficient (Wildman–Crippen LogP) is 3.14.